The van der Waals surface area contributed by atoms with Crippen molar-refractivity contribution in [3.63, 3.8) is 0 Å². The van der Waals surface area contributed by atoms with Gasteiger partial charge in [0, 0.05) is 23.0 Å². The first-order chi connectivity index (χ1) is 13.0. The van der Waals surface area contributed by atoms with Gasteiger partial charge < -0.3 is 15.8 Å². The summed E-state index contributed by atoms with van der Waals surface area (Å²) in [6.07, 6.45) is 3.68. The molecule has 1 saturated carbocycles. The number of hydrogen-bond donors (Lipinski definition) is 2. The number of hydrogen-bond acceptors (Lipinski definition) is 3. The molecule has 5 heteroatoms. The molecule has 0 heterocycles. The Bertz CT molecular complexity index is 768. The zero-order valence-corrected chi connectivity index (χ0v) is 16.5. The number of amides is 1. The highest BCUT2D eigenvalue weighted by atomic mass is 35.5. The Kier molecular flexibility index (Phi) is 6.40. The molecule has 0 aromatic heterocycles. The van der Waals surface area contributed by atoms with Gasteiger partial charge in [-0.05, 0) is 62.4 Å². The number of halogens is 1. The van der Waals surface area contributed by atoms with E-state index in [0.717, 1.165) is 36.3 Å². The molecule has 1 amide bonds. The van der Waals surface area contributed by atoms with Gasteiger partial charge in [-0.15, -0.1) is 0 Å². The average molecular weight is 387 g/mol. The third-order valence-electron chi connectivity index (χ3n) is 5.53. The molecule has 0 saturated heterocycles. The van der Waals surface area contributed by atoms with Crippen molar-refractivity contribution in [2.24, 2.45) is 5.73 Å². The predicted molar refractivity (Wildman–Crippen MR) is 109 cm³/mol. The predicted octanol–water partition coefficient (Wildman–Crippen LogP) is 3.98. The molecule has 0 unspecified atom stereocenters. The molecule has 0 atom stereocenters. The lowest BCUT2D eigenvalue weighted by Crippen LogP contribution is -2.46. The summed E-state index contributed by atoms with van der Waals surface area (Å²) in [5.41, 5.74) is 8.45. The van der Waals surface area contributed by atoms with E-state index in [4.69, 9.17) is 22.1 Å². The average Bonchev–Trinajstić information content (AvgIpc) is 2.68. The maximum Gasteiger partial charge on any atom is 0.258 e. The van der Waals surface area contributed by atoms with Gasteiger partial charge in [0.25, 0.3) is 5.91 Å². The number of carbonyl (C=O) groups excluding carboxylic acids is 1. The molecule has 0 bridgehead atoms. The van der Waals surface area contributed by atoms with Crippen LogP contribution in [0.4, 0.5) is 0 Å². The van der Waals surface area contributed by atoms with Gasteiger partial charge in [-0.3, -0.25) is 4.79 Å². The van der Waals surface area contributed by atoms with Crippen molar-refractivity contribution in [3.05, 3.63) is 64.7 Å². The minimum Gasteiger partial charge on any atom is -0.484 e. The summed E-state index contributed by atoms with van der Waals surface area (Å²) >= 11 is 6.16. The molecule has 0 aliphatic heterocycles. The fourth-order valence-corrected chi connectivity index (χ4v) is 3.99. The molecule has 2 aromatic rings. The maximum absolute atomic E-state index is 12.2. The summed E-state index contributed by atoms with van der Waals surface area (Å²) in [6.45, 7) is 2.64. The number of rotatable bonds is 6. The normalized spacial score (nSPS) is 22.3. The molecule has 0 radical (unpaired) electrons. The van der Waals surface area contributed by atoms with E-state index in [1.54, 1.807) is 0 Å². The highest BCUT2D eigenvalue weighted by Gasteiger charge is 2.36. The minimum absolute atomic E-state index is 0.0376. The fraction of sp³-hybridized carbons (Fsp3) is 0.409. The monoisotopic (exact) mass is 386 g/mol. The first kappa shape index (κ1) is 19.7. The Balaban J connectivity index is 1.51. The molecule has 3 N–H and O–H groups in total. The topological polar surface area (TPSA) is 64.3 Å². The number of benzene rings is 2. The van der Waals surface area contributed by atoms with Crippen LogP contribution in [0.15, 0.2) is 48.5 Å². The van der Waals surface area contributed by atoms with Crippen molar-refractivity contribution in [3.8, 4) is 5.75 Å². The van der Waals surface area contributed by atoms with Crippen LogP contribution in [0.3, 0.4) is 0 Å². The van der Waals surface area contributed by atoms with Crippen LogP contribution in [0.2, 0.25) is 5.02 Å². The van der Waals surface area contributed by atoms with E-state index >= 15 is 0 Å². The molecule has 1 aliphatic rings. The molecule has 4 nitrogen and oxygen atoms in total. The maximum atomic E-state index is 12.2. The Morgan fingerprint density at radius 3 is 2.56 bits per heavy atom. The molecular formula is C22H27ClN2O2. The second-order valence-corrected chi connectivity index (χ2v) is 7.87. The van der Waals surface area contributed by atoms with Crippen molar-refractivity contribution < 1.29 is 9.53 Å². The highest BCUT2D eigenvalue weighted by molar-refractivity contribution is 6.30. The van der Waals surface area contributed by atoms with Gasteiger partial charge in [0.05, 0.1) is 0 Å². The Morgan fingerprint density at radius 2 is 1.93 bits per heavy atom. The number of aryl methyl sites for hydroxylation is 1. The van der Waals surface area contributed by atoms with Crippen molar-refractivity contribution in [2.75, 3.05) is 13.2 Å². The number of carbonyl (C=O) groups is 1. The van der Waals surface area contributed by atoms with Gasteiger partial charge in [-0.25, -0.2) is 0 Å². The summed E-state index contributed by atoms with van der Waals surface area (Å²) in [7, 11) is 0. The van der Waals surface area contributed by atoms with Gasteiger partial charge in [0.1, 0.15) is 5.75 Å². The largest absolute Gasteiger partial charge is 0.484 e. The number of nitrogens with one attached hydrogen (secondary N) is 1. The smallest absolute Gasteiger partial charge is 0.258 e. The summed E-state index contributed by atoms with van der Waals surface area (Å²) < 4.78 is 5.56. The van der Waals surface area contributed by atoms with Gasteiger partial charge in [0.15, 0.2) is 6.61 Å². The van der Waals surface area contributed by atoms with E-state index in [9.17, 15) is 4.79 Å². The fourth-order valence-electron chi connectivity index (χ4n) is 3.80. The van der Waals surface area contributed by atoms with E-state index < -0.39 is 0 Å². The molecule has 0 spiro atoms. The minimum atomic E-state index is -0.0800. The Labute approximate surface area is 166 Å². The third-order valence-corrected chi connectivity index (χ3v) is 5.76. The van der Waals surface area contributed by atoms with Crippen LogP contribution in [0.25, 0.3) is 0 Å². The van der Waals surface area contributed by atoms with Crippen LogP contribution >= 0.6 is 11.6 Å². The zero-order valence-electron chi connectivity index (χ0n) is 15.7. The first-order valence-electron chi connectivity index (χ1n) is 9.46. The van der Waals surface area contributed by atoms with Crippen molar-refractivity contribution >= 4 is 17.5 Å². The lowest BCUT2D eigenvalue weighted by molar-refractivity contribution is -0.124. The van der Waals surface area contributed by atoms with E-state index in [2.05, 4.69) is 11.4 Å². The van der Waals surface area contributed by atoms with Crippen LogP contribution in [0.5, 0.6) is 5.75 Å². The van der Waals surface area contributed by atoms with Gasteiger partial charge in [-0.2, -0.15) is 0 Å². The van der Waals surface area contributed by atoms with E-state index in [-0.39, 0.29) is 24.0 Å². The number of ether oxygens (including phenoxy) is 1. The number of nitrogens with two attached hydrogens (primary N) is 1. The molecule has 27 heavy (non-hydrogen) atoms. The van der Waals surface area contributed by atoms with Crippen LogP contribution in [-0.4, -0.2) is 25.1 Å². The quantitative estimate of drug-likeness (QED) is 0.789. The van der Waals surface area contributed by atoms with Gasteiger partial charge in [-0.1, -0.05) is 41.4 Å². The molecule has 144 valence electrons. The molecule has 1 fully saturated rings. The van der Waals surface area contributed by atoms with Gasteiger partial charge >= 0.3 is 0 Å². The lowest BCUT2D eigenvalue weighted by atomic mass is 9.68. The van der Waals surface area contributed by atoms with Crippen molar-refractivity contribution in [1.82, 2.24) is 5.32 Å². The van der Waals surface area contributed by atoms with E-state index in [1.165, 1.54) is 5.56 Å². The van der Waals surface area contributed by atoms with Crippen LogP contribution < -0.4 is 15.8 Å². The SMILES string of the molecule is Cc1ccc(OCC(=O)NC2CCC(CN)(c3cccc(Cl)c3)CC2)cc1. The molecular weight excluding hydrogens is 360 g/mol. The second kappa shape index (κ2) is 8.77. The molecule has 2 aromatic carbocycles. The standard InChI is InChI=1S/C22H27ClN2O2/c1-16-5-7-20(8-6-16)27-14-21(26)25-19-9-11-22(15-24,12-10-19)17-3-2-4-18(23)13-17/h2-8,13,19H,9-12,14-15,24H2,1H3,(H,25,26). The summed E-state index contributed by atoms with van der Waals surface area (Å²) in [5, 5.41) is 3.83. The van der Waals surface area contributed by atoms with Crippen LogP contribution in [-0.2, 0) is 10.2 Å². The van der Waals surface area contributed by atoms with Crippen LogP contribution in [0, 0.1) is 6.92 Å². The van der Waals surface area contributed by atoms with Gasteiger partial charge in [0.2, 0.25) is 0 Å². The zero-order chi connectivity index (χ0) is 19.3. The third kappa shape index (κ3) is 5.02. The Morgan fingerprint density at radius 1 is 1.22 bits per heavy atom. The van der Waals surface area contributed by atoms with Crippen molar-refractivity contribution in [1.29, 1.82) is 0 Å². The van der Waals surface area contributed by atoms with Crippen LogP contribution in [0.1, 0.15) is 36.8 Å². The summed E-state index contributed by atoms with van der Waals surface area (Å²) in [4.78, 5) is 12.2. The Hall–Kier alpha value is -2.04. The van der Waals surface area contributed by atoms with Crippen molar-refractivity contribution in [2.45, 2.75) is 44.1 Å². The molecule has 1 aliphatic carbocycles. The highest BCUT2D eigenvalue weighted by Crippen LogP contribution is 2.39. The summed E-state index contributed by atoms with van der Waals surface area (Å²) in [5.74, 6) is 0.631. The van der Waals surface area contributed by atoms with E-state index in [1.807, 2.05) is 49.4 Å². The molecule has 3 rings (SSSR count). The summed E-state index contributed by atoms with van der Waals surface area (Å²) in [6, 6.07) is 15.8. The lowest BCUT2D eigenvalue weighted by Gasteiger charge is -2.40. The van der Waals surface area contributed by atoms with E-state index in [0.29, 0.717) is 12.3 Å². The second-order valence-electron chi connectivity index (χ2n) is 7.44. The first-order valence-corrected chi connectivity index (χ1v) is 9.83.